The first kappa shape index (κ1) is 23.7. The normalized spacial score (nSPS) is 10.8. The van der Waals surface area contributed by atoms with Crippen molar-refractivity contribution in [3.63, 3.8) is 0 Å². The van der Waals surface area contributed by atoms with E-state index in [1.165, 1.54) is 16.3 Å². The fraction of sp³-hybridized carbons (Fsp3) is 0.0357. The van der Waals surface area contributed by atoms with Crippen LogP contribution in [0.3, 0.4) is 0 Å². The predicted molar refractivity (Wildman–Crippen MR) is 145 cm³/mol. The third-order valence-electron chi connectivity index (χ3n) is 5.26. The molecule has 1 heterocycles. The number of nitrogens with one attached hydrogen (secondary N) is 1. The van der Waals surface area contributed by atoms with Crippen molar-refractivity contribution in [3.8, 4) is 17.2 Å². The van der Waals surface area contributed by atoms with E-state index in [1.807, 2.05) is 36.4 Å². The van der Waals surface area contributed by atoms with Gasteiger partial charge in [0.2, 0.25) is 5.91 Å². The number of amides is 1. The number of nitrogens with zero attached hydrogens (tertiary/aromatic N) is 2. The standard InChI is InChI=1S/C28H20ClN3O3S/c29-19-7-6-8-20(17-19)30-26(33)18-36-28-31-25-12-5-4-11-24(25)27(34)32(28)21-13-15-23(16-14-21)35-22-9-2-1-3-10-22/h1-17H,18H2,(H,30,33). The van der Waals surface area contributed by atoms with Gasteiger partial charge < -0.3 is 10.1 Å². The lowest BCUT2D eigenvalue weighted by Gasteiger charge is -2.14. The molecule has 8 heteroatoms. The summed E-state index contributed by atoms with van der Waals surface area (Å²) < 4.78 is 7.39. The first-order valence-corrected chi connectivity index (χ1v) is 12.5. The highest BCUT2D eigenvalue weighted by molar-refractivity contribution is 7.99. The van der Waals surface area contributed by atoms with E-state index < -0.39 is 0 Å². The minimum atomic E-state index is -0.233. The molecule has 0 unspecified atom stereocenters. The molecule has 5 aromatic rings. The van der Waals surface area contributed by atoms with Crippen LogP contribution in [0.1, 0.15) is 0 Å². The van der Waals surface area contributed by atoms with Gasteiger partial charge in [-0.05, 0) is 66.7 Å². The van der Waals surface area contributed by atoms with E-state index >= 15 is 0 Å². The van der Waals surface area contributed by atoms with E-state index in [4.69, 9.17) is 16.3 Å². The Balaban J connectivity index is 1.43. The van der Waals surface area contributed by atoms with E-state index in [2.05, 4.69) is 10.3 Å². The maximum absolute atomic E-state index is 13.5. The SMILES string of the molecule is O=C(CSc1nc2ccccc2c(=O)n1-c1ccc(Oc2ccccc2)cc1)Nc1cccc(Cl)c1. The van der Waals surface area contributed by atoms with Crippen molar-refractivity contribution in [2.24, 2.45) is 0 Å². The number of fused-ring (bicyclic) bond motifs is 1. The molecular weight excluding hydrogens is 494 g/mol. The van der Waals surface area contributed by atoms with E-state index in [1.54, 1.807) is 66.7 Å². The van der Waals surface area contributed by atoms with Crippen LogP contribution in [-0.4, -0.2) is 21.2 Å². The van der Waals surface area contributed by atoms with Crippen molar-refractivity contribution in [1.29, 1.82) is 0 Å². The Labute approximate surface area is 216 Å². The van der Waals surface area contributed by atoms with Gasteiger partial charge in [0, 0.05) is 10.7 Å². The molecule has 1 amide bonds. The molecule has 0 fully saturated rings. The quantitative estimate of drug-likeness (QED) is 0.197. The number of benzene rings is 4. The fourth-order valence-corrected chi connectivity index (χ4v) is 4.62. The molecule has 0 bridgehead atoms. The highest BCUT2D eigenvalue weighted by Crippen LogP contribution is 2.25. The molecule has 0 aliphatic heterocycles. The molecule has 0 saturated heterocycles. The second-order valence-corrected chi connectivity index (χ2v) is 9.19. The summed E-state index contributed by atoms with van der Waals surface area (Å²) in [5, 5.41) is 4.26. The monoisotopic (exact) mass is 513 g/mol. The Kier molecular flexibility index (Phi) is 7.02. The second-order valence-electron chi connectivity index (χ2n) is 7.81. The molecule has 0 saturated carbocycles. The number of ether oxygens (including phenoxy) is 1. The zero-order valence-corrected chi connectivity index (χ0v) is 20.5. The number of anilines is 1. The van der Waals surface area contributed by atoms with Crippen molar-refractivity contribution in [1.82, 2.24) is 9.55 Å². The highest BCUT2D eigenvalue weighted by Gasteiger charge is 2.15. The number of thioether (sulfide) groups is 1. The zero-order valence-electron chi connectivity index (χ0n) is 18.9. The topological polar surface area (TPSA) is 73.2 Å². The maximum atomic E-state index is 13.5. The number of aromatic nitrogens is 2. The fourth-order valence-electron chi connectivity index (χ4n) is 3.62. The van der Waals surface area contributed by atoms with Crippen LogP contribution in [0.25, 0.3) is 16.6 Å². The summed E-state index contributed by atoms with van der Waals surface area (Å²) in [4.78, 5) is 30.8. The van der Waals surface area contributed by atoms with Crippen LogP contribution >= 0.6 is 23.4 Å². The number of carbonyl (C=O) groups is 1. The summed E-state index contributed by atoms with van der Waals surface area (Å²) in [7, 11) is 0. The van der Waals surface area contributed by atoms with Crippen molar-refractivity contribution in [3.05, 3.63) is 119 Å². The van der Waals surface area contributed by atoms with Crippen LogP contribution in [0.5, 0.6) is 11.5 Å². The molecule has 0 aliphatic rings. The maximum Gasteiger partial charge on any atom is 0.266 e. The highest BCUT2D eigenvalue weighted by atomic mass is 35.5. The summed E-state index contributed by atoms with van der Waals surface area (Å²) in [5.74, 6) is 1.19. The Morgan fingerprint density at radius 3 is 2.39 bits per heavy atom. The van der Waals surface area contributed by atoms with Gasteiger partial charge in [0.15, 0.2) is 5.16 Å². The van der Waals surface area contributed by atoms with Crippen LogP contribution in [0.2, 0.25) is 5.02 Å². The van der Waals surface area contributed by atoms with Gasteiger partial charge in [-0.15, -0.1) is 0 Å². The minimum absolute atomic E-state index is 0.0620. The molecule has 178 valence electrons. The number of halogens is 1. The molecule has 0 atom stereocenters. The summed E-state index contributed by atoms with van der Waals surface area (Å²) in [5.41, 5.74) is 1.58. The number of carbonyl (C=O) groups excluding carboxylic acids is 1. The van der Waals surface area contributed by atoms with Gasteiger partial charge in [-0.25, -0.2) is 4.98 Å². The summed E-state index contributed by atoms with van der Waals surface area (Å²) in [6, 6.07) is 30.7. The molecule has 36 heavy (non-hydrogen) atoms. The number of hydrogen-bond acceptors (Lipinski definition) is 5. The van der Waals surface area contributed by atoms with E-state index in [-0.39, 0.29) is 17.2 Å². The molecule has 1 N–H and O–H groups in total. The lowest BCUT2D eigenvalue weighted by atomic mass is 10.2. The Morgan fingerprint density at radius 2 is 1.61 bits per heavy atom. The Hall–Kier alpha value is -4.07. The average molecular weight is 514 g/mol. The van der Waals surface area contributed by atoms with Crippen LogP contribution < -0.4 is 15.6 Å². The zero-order chi connectivity index (χ0) is 24.9. The van der Waals surface area contributed by atoms with Crippen molar-refractivity contribution in [2.45, 2.75) is 5.16 Å². The number of rotatable bonds is 7. The molecule has 6 nitrogen and oxygen atoms in total. The first-order valence-electron chi connectivity index (χ1n) is 11.1. The third-order valence-corrected chi connectivity index (χ3v) is 6.43. The summed E-state index contributed by atoms with van der Waals surface area (Å²) in [6.45, 7) is 0. The van der Waals surface area contributed by atoms with Crippen LogP contribution in [0.15, 0.2) is 113 Å². The van der Waals surface area contributed by atoms with Gasteiger partial charge in [-0.3, -0.25) is 14.2 Å². The van der Waals surface area contributed by atoms with Crippen molar-refractivity contribution in [2.75, 3.05) is 11.1 Å². The van der Waals surface area contributed by atoms with E-state index in [0.717, 1.165) is 5.75 Å². The lowest BCUT2D eigenvalue weighted by Crippen LogP contribution is -2.23. The molecule has 1 aromatic heterocycles. The predicted octanol–water partition coefficient (Wildman–Crippen LogP) is 6.56. The molecular formula is C28H20ClN3O3S. The smallest absolute Gasteiger partial charge is 0.266 e. The van der Waals surface area contributed by atoms with Gasteiger partial charge >= 0.3 is 0 Å². The second kappa shape index (κ2) is 10.7. The largest absolute Gasteiger partial charge is 0.457 e. The summed E-state index contributed by atoms with van der Waals surface area (Å²) in [6.07, 6.45) is 0. The van der Waals surface area contributed by atoms with E-state index in [0.29, 0.717) is 38.2 Å². The van der Waals surface area contributed by atoms with Gasteiger partial charge in [0.25, 0.3) is 5.56 Å². The number of para-hydroxylation sites is 2. The third kappa shape index (κ3) is 5.43. The van der Waals surface area contributed by atoms with Crippen LogP contribution in [0, 0.1) is 0 Å². The van der Waals surface area contributed by atoms with Gasteiger partial charge in [0.1, 0.15) is 11.5 Å². The van der Waals surface area contributed by atoms with E-state index in [9.17, 15) is 9.59 Å². The Morgan fingerprint density at radius 1 is 0.889 bits per heavy atom. The van der Waals surface area contributed by atoms with Crippen LogP contribution in [-0.2, 0) is 4.79 Å². The summed E-state index contributed by atoms with van der Waals surface area (Å²) >= 11 is 7.19. The van der Waals surface area contributed by atoms with Crippen molar-refractivity contribution >= 4 is 45.9 Å². The molecule has 4 aromatic carbocycles. The van der Waals surface area contributed by atoms with Gasteiger partial charge in [-0.2, -0.15) is 0 Å². The Bertz CT molecular complexity index is 1590. The average Bonchev–Trinajstić information content (AvgIpc) is 2.89. The van der Waals surface area contributed by atoms with Crippen LogP contribution in [0.4, 0.5) is 5.69 Å². The lowest BCUT2D eigenvalue weighted by molar-refractivity contribution is -0.113. The molecule has 0 radical (unpaired) electrons. The number of hydrogen-bond donors (Lipinski definition) is 1. The van der Waals surface area contributed by atoms with Gasteiger partial charge in [-0.1, -0.05) is 59.8 Å². The minimum Gasteiger partial charge on any atom is -0.457 e. The molecule has 0 aliphatic carbocycles. The molecule has 5 rings (SSSR count). The van der Waals surface area contributed by atoms with Gasteiger partial charge in [0.05, 0.1) is 22.3 Å². The first-order chi connectivity index (χ1) is 17.6. The van der Waals surface area contributed by atoms with Crippen molar-refractivity contribution < 1.29 is 9.53 Å². The molecule has 0 spiro atoms.